The van der Waals surface area contributed by atoms with E-state index in [1.165, 1.54) is 133 Å². The normalized spacial score (nSPS) is 16.2. The van der Waals surface area contributed by atoms with Crippen LogP contribution >= 0.6 is 0 Å². The summed E-state index contributed by atoms with van der Waals surface area (Å²) in [5, 5.41) is 14.3. The Morgan fingerprint density at radius 3 is 1.72 bits per heavy atom. The van der Waals surface area contributed by atoms with Crippen LogP contribution in [0.15, 0.2) is 4.79 Å². The van der Waals surface area contributed by atoms with Crippen molar-refractivity contribution in [2.24, 2.45) is 0 Å². The number of aromatic amines is 1. The summed E-state index contributed by atoms with van der Waals surface area (Å²) >= 11 is 0. The average molecular weight is 506 g/mol. The molecule has 0 bridgehead atoms. The molecule has 1 unspecified atom stereocenters. The second-order valence-corrected chi connectivity index (χ2v) is 11.5. The maximum Gasteiger partial charge on any atom is 0.329 e. The fourth-order valence-corrected chi connectivity index (χ4v) is 5.92. The minimum absolute atomic E-state index is 0.151. The number of imidazole rings is 1. The molecule has 0 spiro atoms. The van der Waals surface area contributed by atoms with Gasteiger partial charge in [-0.3, -0.25) is 5.32 Å². The van der Waals surface area contributed by atoms with Crippen LogP contribution in [0.4, 0.5) is 0 Å². The van der Waals surface area contributed by atoms with Gasteiger partial charge in [-0.2, -0.15) is 0 Å². The van der Waals surface area contributed by atoms with Gasteiger partial charge in [0.25, 0.3) is 0 Å². The lowest BCUT2D eigenvalue weighted by Gasteiger charge is -2.19. The van der Waals surface area contributed by atoms with Crippen molar-refractivity contribution in [1.82, 2.24) is 14.9 Å². The lowest BCUT2D eigenvalue weighted by atomic mass is 9.89. The minimum atomic E-state index is -0.188. The molecule has 1 atom stereocenters. The van der Waals surface area contributed by atoms with E-state index >= 15 is 0 Å². The Hall–Kier alpha value is -1.23. The van der Waals surface area contributed by atoms with E-state index in [1.54, 1.807) is 0 Å². The smallest absolute Gasteiger partial charge is 0.329 e. The quantitative estimate of drug-likeness (QED) is 0.155. The van der Waals surface area contributed by atoms with Gasteiger partial charge in [0.1, 0.15) is 0 Å². The molecule has 0 aliphatic heterocycles. The van der Waals surface area contributed by atoms with Gasteiger partial charge in [-0.25, -0.2) is 9.36 Å². The zero-order chi connectivity index (χ0) is 25.8. The zero-order valence-electron chi connectivity index (χ0n) is 23.9. The third kappa shape index (κ3) is 12.3. The summed E-state index contributed by atoms with van der Waals surface area (Å²) in [4.78, 5) is 15.6. The monoisotopic (exact) mass is 505 g/mol. The largest absolute Gasteiger partial charge is 0.493 e. The molecule has 36 heavy (non-hydrogen) atoms. The summed E-state index contributed by atoms with van der Waals surface area (Å²) < 4.78 is 1.51. The van der Waals surface area contributed by atoms with Gasteiger partial charge in [0.2, 0.25) is 5.88 Å². The van der Waals surface area contributed by atoms with Crippen LogP contribution in [0.25, 0.3) is 0 Å². The molecule has 0 amide bonds. The highest BCUT2D eigenvalue weighted by Crippen LogP contribution is 2.34. The summed E-state index contributed by atoms with van der Waals surface area (Å²) in [6.07, 6.45) is 30.1. The molecule has 5 nitrogen and oxygen atoms in total. The molecule has 1 saturated carbocycles. The van der Waals surface area contributed by atoms with Crippen LogP contribution in [-0.4, -0.2) is 21.2 Å². The number of H-pyrrole nitrogens is 1. The van der Waals surface area contributed by atoms with Crippen LogP contribution in [0.5, 0.6) is 5.88 Å². The first-order valence-electron chi connectivity index (χ1n) is 15.9. The number of aromatic hydroxyl groups is 1. The fourth-order valence-electron chi connectivity index (χ4n) is 5.92. The molecule has 1 aliphatic rings. The Bertz CT molecular complexity index is 703. The molecule has 210 valence electrons. The molecular weight excluding hydrogens is 446 g/mol. The lowest BCUT2D eigenvalue weighted by Crippen LogP contribution is -2.31. The third-order valence-corrected chi connectivity index (χ3v) is 8.30. The highest BCUT2D eigenvalue weighted by Gasteiger charge is 2.24. The van der Waals surface area contributed by atoms with Crippen molar-refractivity contribution < 1.29 is 5.11 Å². The molecule has 1 fully saturated rings. The number of hydrogen-bond donors (Lipinski definition) is 3. The van der Waals surface area contributed by atoms with E-state index in [1.807, 2.05) is 6.92 Å². The average Bonchev–Trinajstić information content (AvgIpc) is 3.14. The number of nitrogens with one attached hydrogen (secondary N) is 2. The van der Waals surface area contributed by atoms with Crippen molar-refractivity contribution in [2.75, 3.05) is 6.54 Å². The molecule has 2 rings (SSSR count). The highest BCUT2D eigenvalue weighted by atomic mass is 16.3. The van der Waals surface area contributed by atoms with Gasteiger partial charge in [-0.15, -0.1) is 0 Å². The Labute approximate surface area is 222 Å². The van der Waals surface area contributed by atoms with Gasteiger partial charge in [-0.1, -0.05) is 135 Å². The van der Waals surface area contributed by atoms with Crippen molar-refractivity contribution in [2.45, 2.75) is 174 Å². The second kappa shape index (κ2) is 19.8. The summed E-state index contributed by atoms with van der Waals surface area (Å²) in [5.74, 6) is 0.435. The number of hydrogen-bond acceptors (Lipinski definition) is 3. The van der Waals surface area contributed by atoms with Crippen molar-refractivity contribution in [3.8, 4) is 5.88 Å². The Morgan fingerprint density at radius 1 is 0.778 bits per heavy atom. The van der Waals surface area contributed by atoms with Gasteiger partial charge in [0.15, 0.2) is 0 Å². The summed E-state index contributed by atoms with van der Waals surface area (Å²) in [7, 11) is 0. The Kier molecular flexibility index (Phi) is 17.1. The molecule has 5 heteroatoms. The molecule has 1 aromatic heterocycles. The third-order valence-electron chi connectivity index (χ3n) is 8.30. The molecule has 1 aromatic rings. The van der Waals surface area contributed by atoms with Gasteiger partial charge in [0.05, 0.1) is 11.9 Å². The molecule has 0 saturated heterocycles. The second-order valence-electron chi connectivity index (χ2n) is 11.5. The molecule has 1 aliphatic carbocycles. The van der Waals surface area contributed by atoms with Crippen molar-refractivity contribution >= 4 is 0 Å². The minimum Gasteiger partial charge on any atom is -0.493 e. The van der Waals surface area contributed by atoms with E-state index in [0.717, 1.165) is 31.5 Å². The van der Waals surface area contributed by atoms with Crippen LogP contribution < -0.4 is 11.0 Å². The molecule has 0 aromatic carbocycles. The van der Waals surface area contributed by atoms with Crippen molar-refractivity contribution in [3.05, 3.63) is 16.2 Å². The maximum atomic E-state index is 12.6. The van der Waals surface area contributed by atoms with Crippen LogP contribution in [0.2, 0.25) is 0 Å². The predicted molar refractivity (Wildman–Crippen MR) is 154 cm³/mol. The molecule has 3 N–H and O–H groups in total. The van der Waals surface area contributed by atoms with Crippen LogP contribution in [-0.2, 0) is 0 Å². The number of rotatable bonds is 20. The Morgan fingerprint density at radius 2 is 1.22 bits per heavy atom. The Balaban J connectivity index is 1.48. The first kappa shape index (κ1) is 31.0. The first-order valence-corrected chi connectivity index (χ1v) is 15.9. The van der Waals surface area contributed by atoms with E-state index in [-0.39, 0.29) is 23.7 Å². The van der Waals surface area contributed by atoms with E-state index in [4.69, 9.17) is 0 Å². The molecule has 0 radical (unpaired) electrons. The topological polar surface area (TPSA) is 70.0 Å². The van der Waals surface area contributed by atoms with Gasteiger partial charge in [-0.05, 0) is 32.7 Å². The zero-order valence-corrected chi connectivity index (χ0v) is 23.9. The lowest BCUT2D eigenvalue weighted by molar-refractivity contribution is 0.340. The summed E-state index contributed by atoms with van der Waals surface area (Å²) in [5.41, 5.74) is 0.578. The van der Waals surface area contributed by atoms with Gasteiger partial charge < -0.3 is 10.1 Å². The van der Waals surface area contributed by atoms with E-state index in [2.05, 4.69) is 17.2 Å². The van der Waals surface area contributed by atoms with Crippen molar-refractivity contribution in [3.63, 3.8) is 0 Å². The van der Waals surface area contributed by atoms with Crippen LogP contribution in [0, 0.1) is 0 Å². The van der Waals surface area contributed by atoms with Gasteiger partial charge in [0, 0.05) is 5.92 Å². The van der Waals surface area contributed by atoms with Crippen LogP contribution in [0.3, 0.4) is 0 Å². The summed E-state index contributed by atoms with van der Waals surface area (Å²) in [6, 6.07) is 0. The van der Waals surface area contributed by atoms with Crippen molar-refractivity contribution in [1.29, 1.82) is 0 Å². The molecule has 1 heterocycles. The molecular formula is C31H59N3O2. The number of nitrogens with zero attached hydrogens (tertiary/aromatic N) is 1. The first-order chi connectivity index (χ1) is 17.6. The maximum absolute atomic E-state index is 12.6. The summed E-state index contributed by atoms with van der Waals surface area (Å²) in [6.45, 7) is 5.15. The van der Waals surface area contributed by atoms with E-state index in [0.29, 0.717) is 0 Å². The van der Waals surface area contributed by atoms with E-state index < -0.39 is 0 Å². The standard InChI is InChI=1S/C31H59N3O2/c1-3-4-5-6-7-8-9-10-11-12-13-14-15-16-20-23-26-32-27(2)34-30(35)29(33-31(34)36)28-24-21-18-17-19-22-25-28/h27-28,32,35H,3-26H2,1-2H3,(H,33,36). The fraction of sp³-hybridized carbons (Fsp3) is 0.903. The SMILES string of the molecule is CCCCCCCCCCCCCCCCCCNC(C)n1c(O)c(C2CCCCCCC2)[nH]c1=O. The highest BCUT2D eigenvalue weighted by molar-refractivity contribution is 5.23. The van der Waals surface area contributed by atoms with E-state index in [9.17, 15) is 9.90 Å². The number of unbranched alkanes of at least 4 members (excludes halogenated alkanes) is 15. The van der Waals surface area contributed by atoms with Gasteiger partial charge >= 0.3 is 5.69 Å². The van der Waals surface area contributed by atoms with Crippen LogP contribution in [0.1, 0.15) is 179 Å². The number of aromatic nitrogens is 2. The predicted octanol–water partition coefficient (Wildman–Crippen LogP) is 9.08.